The Morgan fingerprint density at radius 2 is 1.74 bits per heavy atom. The number of fused-ring (bicyclic) bond motifs is 1. The summed E-state index contributed by atoms with van der Waals surface area (Å²) in [6.07, 6.45) is 3.19. The van der Waals surface area contributed by atoms with Gasteiger partial charge in [0.2, 0.25) is 0 Å². The van der Waals surface area contributed by atoms with Crippen LogP contribution in [0.5, 0.6) is 23.0 Å². The standard InChI is InChI=1S/C32H31N5O6/c1-3-4-31(38)35-27-20-25-26(21-29(27)42-18-15-37-13-16-41-17-14-37)33-12-10-28(25)43-23-7-5-22(6-8-23)32(39)36-30-19-24(40-2)9-11-34-30/h5-12,19-21H,13-18H2,1-2H3,(H,35,38)(H,34,36,39). The number of benzene rings is 2. The Bertz CT molecular complexity index is 1660. The maximum atomic E-state index is 12.7. The third kappa shape index (κ3) is 7.77. The fourth-order valence-electron chi connectivity index (χ4n) is 4.43. The van der Waals surface area contributed by atoms with E-state index in [1.54, 1.807) is 81.0 Å². The average molecular weight is 582 g/mol. The molecule has 1 fully saturated rings. The molecule has 1 aliphatic heterocycles. The van der Waals surface area contributed by atoms with Crippen molar-refractivity contribution in [1.29, 1.82) is 0 Å². The quantitative estimate of drug-likeness (QED) is 0.263. The fourth-order valence-corrected chi connectivity index (χ4v) is 4.43. The van der Waals surface area contributed by atoms with Gasteiger partial charge in [0, 0.05) is 55.1 Å². The normalized spacial score (nSPS) is 13.0. The van der Waals surface area contributed by atoms with E-state index in [9.17, 15) is 9.59 Å². The molecule has 2 aromatic heterocycles. The van der Waals surface area contributed by atoms with Crippen LogP contribution < -0.4 is 24.8 Å². The van der Waals surface area contributed by atoms with Gasteiger partial charge < -0.3 is 29.6 Å². The second-order valence-corrected chi connectivity index (χ2v) is 9.47. The monoisotopic (exact) mass is 581 g/mol. The van der Waals surface area contributed by atoms with Crippen molar-refractivity contribution in [1.82, 2.24) is 14.9 Å². The number of carbonyl (C=O) groups excluding carboxylic acids is 2. The highest BCUT2D eigenvalue weighted by molar-refractivity contribution is 6.06. The zero-order valence-corrected chi connectivity index (χ0v) is 23.9. The maximum Gasteiger partial charge on any atom is 0.300 e. The summed E-state index contributed by atoms with van der Waals surface area (Å²) in [5, 5.41) is 6.23. The van der Waals surface area contributed by atoms with Crippen molar-refractivity contribution in [2.24, 2.45) is 0 Å². The minimum Gasteiger partial charge on any atom is -0.497 e. The molecular formula is C32H31N5O6. The molecule has 2 amide bonds. The Morgan fingerprint density at radius 3 is 2.51 bits per heavy atom. The van der Waals surface area contributed by atoms with Crippen LogP contribution in [0.15, 0.2) is 67.0 Å². The third-order valence-corrected chi connectivity index (χ3v) is 6.61. The molecule has 0 saturated carbocycles. The first-order valence-electron chi connectivity index (χ1n) is 13.7. The van der Waals surface area contributed by atoms with Gasteiger partial charge in [0.1, 0.15) is 35.4 Å². The molecule has 3 heterocycles. The van der Waals surface area contributed by atoms with Crippen LogP contribution in [0, 0.1) is 11.8 Å². The second kappa shape index (κ2) is 14.1. The van der Waals surface area contributed by atoms with Gasteiger partial charge in [-0.1, -0.05) is 5.92 Å². The molecule has 0 radical (unpaired) electrons. The van der Waals surface area contributed by atoms with E-state index < -0.39 is 5.91 Å². The first-order chi connectivity index (χ1) is 21.0. The van der Waals surface area contributed by atoms with Crippen LogP contribution in [0.1, 0.15) is 17.3 Å². The number of morpholine rings is 1. The first-order valence-corrected chi connectivity index (χ1v) is 13.7. The van der Waals surface area contributed by atoms with Gasteiger partial charge in [0.05, 0.1) is 31.5 Å². The average Bonchev–Trinajstić information content (AvgIpc) is 3.02. The molecule has 0 aliphatic carbocycles. The van der Waals surface area contributed by atoms with E-state index in [2.05, 4.69) is 37.3 Å². The highest BCUT2D eigenvalue weighted by atomic mass is 16.5. The van der Waals surface area contributed by atoms with Gasteiger partial charge in [-0.3, -0.25) is 19.5 Å². The minimum absolute atomic E-state index is 0.321. The van der Waals surface area contributed by atoms with Crippen molar-refractivity contribution >= 4 is 34.2 Å². The van der Waals surface area contributed by atoms with Crippen molar-refractivity contribution in [3.63, 3.8) is 0 Å². The summed E-state index contributed by atoms with van der Waals surface area (Å²) < 4.78 is 22.9. The van der Waals surface area contributed by atoms with Crippen LogP contribution in [-0.2, 0) is 9.53 Å². The SMILES string of the molecule is CC#CC(=O)Nc1cc2c(Oc3ccc(C(=O)Nc4cc(OC)ccn4)cc3)ccnc2cc1OCCN1CCOCC1. The van der Waals surface area contributed by atoms with E-state index in [-0.39, 0.29) is 5.91 Å². The Balaban J connectivity index is 1.33. The van der Waals surface area contributed by atoms with Gasteiger partial charge in [-0.2, -0.15) is 0 Å². The number of nitrogens with one attached hydrogen (secondary N) is 2. The topological polar surface area (TPSA) is 124 Å². The van der Waals surface area contributed by atoms with Crippen LogP contribution in [-0.4, -0.2) is 73.2 Å². The molecular weight excluding hydrogens is 550 g/mol. The molecule has 0 bridgehead atoms. The number of hydrogen-bond acceptors (Lipinski definition) is 9. The van der Waals surface area contributed by atoms with Crippen molar-refractivity contribution in [2.75, 3.05) is 57.2 Å². The van der Waals surface area contributed by atoms with E-state index in [0.29, 0.717) is 70.8 Å². The molecule has 43 heavy (non-hydrogen) atoms. The van der Waals surface area contributed by atoms with Crippen molar-refractivity contribution in [3.05, 3.63) is 72.6 Å². The number of anilines is 2. The molecule has 2 N–H and O–H groups in total. The van der Waals surface area contributed by atoms with E-state index in [1.807, 2.05) is 0 Å². The Morgan fingerprint density at radius 1 is 0.953 bits per heavy atom. The molecule has 0 unspecified atom stereocenters. The number of nitrogens with zero attached hydrogens (tertiary/aromatic N) is 3. The summed E-state index contributed by atoms with van der Waals surface area (Å²) in [7, 11) is 1.55. The third-order valence-electron chi connectivity index (χ3n) is 6.61. The number of methoxy groups -OCH3 is 1. The van der Waals surface area contributed by atoms with Gasteiger partial charge in [0.15, 0.2) is 0 Å². The van der Waals surface area contributed by atoms with Crippen LogP contribution in [0.2, 0.25) is 0 Å². The molecule has 0 spiro atoms. The van der Waals surface area contributed by atoms with E-state index in [4.69, 9.17) is 18.9 Å². The second-order valence-electron chi connectivity index (χ2n) is 9.47. The lowest BCUT2D eigenvalue weighted by molar-refractivity contribution is -0.111. The van der Waals surface area contributed by atoms with Crippen LogP contribution >= 0.6 is 0 Å². The van der Waals surface area contributed by atoms with Gasteiger partial charge in [-0.05, 0) is 55.3 Å². The summed E-state index contributed by atoms with van der Waals surface area (Å²) in [5.41, 5.74) is 1.51. The Kier molecular flexibility index (Phi) is 9.63. The molecule has 2 aromatic carbocycles. The molecule has 4 aromatic rings. The largest absolute Gasteiger partial charge is 0.497 e. The number of pyridine rings is 2. The minimum atomic E-state index is -0.454. The van der Waals surface area contributed by atoms with Crippen molar-refractivity contribution < 1.29 is 28.5 Å². The number of rotatable bonds is 10. The molecule has 1 saturated heterocycles. The van der Waals surface area contributed by atoms with Gasteiger partial charge in [-0.15, -0.1) is 0 Å². The molecule has 1 aliphatic rings. The fraction of sp³-hybridized carbons (Fsp3) is 0.250. The number of ether oxygens (including phenoxy) is 4. The number of carbonyl (C=O) groups is 2. The summed E-state index contributed by atoms with van der Waals surface area (Å²) in [6.45, 7) is 5.86. The lowest BCUT2D eigenvalue weighted by Crippen LogP contribution is -2.38. The van der Waals surface area contributed by atoms with E-state index in [0.717, 1.165) is 19.6 Å². The molecule has 0 atom stereocenters. The van der Waals surface area contributed by atoms with E-state index >= 15 is 0 Å². The summed E-state index contributed by atoms with van der Waals surface area (Å²) in [6, 6.07) is 15.3. The zero-order valence-electron chi connectivity index (χ0n) is 23.9. The van der Waals surface area contributed by atoms with E-state index in [1.165, 1.54) is 0 Å². The number of hydrogen-bond donors (Lipinski definition) is 2. The van der Waals surface area contributed by atoms with Gasteiger partial charge >= 0.3 is 0 Å². The van der Waals surface area contributed by atoms with Crippen LogP contribution in [0.3, 0.4) is 0 Å². The van der Waals surface area contributed by atoms with Crippen molar-refractivity contribution in [2.45, 2.75) is 6.92 Å². The van der Waals surface area contributed by atoms with Gasteiger partial charge in [0.25, 0.3) is 11.8 Å². The lowest BCUT2D eigenvalue weighted by atomic mass is 10.1. The zero-order chi connectivity index (χ0) is 30.0. The van der Waals surface area contributed by atoms with Crippen LogP contribution in [0.25, 0.3) is 10.9 Å². The summed E-state index contributed by atoms with van der Waals surface area (Å²) >= 11 is 0. The highest BCUT2D eigenvalue weighted by Gasteiger charge is 2.16. The smallest absolute Gasteiger partial charge is 0.300 e. The molecule has 11 nitrogen and oxygen atoms in total. The molecule has 5 rings (SSSR count). The Hall–Kier alpha value is -5.18. The van der Waals surface area contributed by atoms with Gasteiger partial charge in [-0.25, -0.2) is 4.98 Å². The number of amides is 2. The summed E-state index contributed by atoms with van der Waals surface area (Å²) in [5.74, 6) is 6.81. The first kappa shape index (κ1) is 29.3. The molecule has 220 valence electrons. The predicted molar refractivity (Wildman–Crippen MR) is 162 cm³/mol. The lowest BCUT2D eigenvalue weighted by Gasteiger charge is -2.26. The van der Waals surface area contributed by atoms with Crippen molar-refractivity contribution in [3.8, 4) is 34.8 Å². The summed E-state index contributed by atoms with van der Waals surface area (Å²) in [4.78, 5) is 36.0. The molecule has 11 heteroatoms. The predicted octanol–water partition coefficient (Wildman–Crippen LogP) is 4.36. The van der Waals surface area contributed by atoms with Crippen LogP contribution in [0.4, 0.5) is 11.5 Å². The maximum absolute atomic E-state index is 12.7. The number of aromatic nitrogens is 2. The Labute approximate surface area is 249 Å². The highest BCUT2D eigenvalue weighted by Crippen LogP contribution is 2.36.